The van der Waals surface area contributed by atoms with Crippen molar-refractivity contribution in [2.75, 3.05) is 32.8 Å². The van der Waals surface area contributed by atoms with Gasteiger partial charge in [-0.05, 0) is 57.2 Å². The van der Waals surface area contributed by atoms with Gasteiger partial charge >= 0.3 is 0 Å². The Labute approximate surface area is 80.0 Å². The Morgan fingerprint density at radius 2 is 1.75 bits per heavy atom. The maximum absolute atomic E-state index is 2.46. The van der Waals surface area contributed by atoms with Crippen molar-refractivity contribution in [3.63, 3.8) is 0 Å². The van der Waals surface area contributed by atoms with E-state index in [2.05, 4.69) is 26.7 Å². The van der Waals surface area contributed by atoms with Crippen molar-refractivity contribution < 1.29 is 0 Å². The van der Waals surface area contributed by atoms with Crippen LogP contribution in [0.2, 0.25) is 0 Å². The van der Waals surface area contributed by atoms with Crippen molar-refractivity contribution in [2.24, 2.45) is 5.92 Å². The standard InChI is InChI=1S/C10H22P2/c1-11(2)8-9-6-5-7-10(9)12(3)4/h9-10H,5-8H2,1-4H3/t9?,10-/m0/s1. The Morgan fingerprint density at radius 3 is 2.25 bits per heavy atom. The molecule has 2 atom stereocenters. The predicted molar refractivity (Wildman–Crippen MR) is 63.5 cm³/mol. The van der Waals surface area contributed by atoms with E-state index >= 15 is 0 Å². The topological polar surface area (TPSA) is 0 Å². The lowest BCUT2D eigenvalue weighted by Gasteiger charge is -2.24. The second-order valence-electron chi connectivity index (χ2n) is 4.48. The lowest BCUT2D eigenvalue weighted by molar-refractivity contribution is 0.627. The molecule has 1 saturated carbocycles. The van der Waals surface area contributed by atoms with Crippen LogP contribution in [0, 0.1) is 5.92 Å². The highest BCUT2D eigenvalue weighted by Gasteiger charge is 2.29. The Morgan fingerprint density at radius 1 is 1.08 bits per heavy atom. The van der Waals surface area contributed by atoms with Gasteiger partial charge in [0.2, 0.25) is 0 Å². The van der Waals surface area contributed by atoms with Gasteiger partial charge in [-0.1, -0.05) is 6.42 Å². The molecule has 0 spiro atoms. The third-order valence-electron chi connectivity index (χ3n) is 2.88. The van der Waals surface area contributed by atoms with Crippen LogP contribution < -0.4 is 0 Å². The minimum absolute atomic E-state index is 0.339. The fraction of sp³-hybridized carbons (Fsp3) is 1.00. The first-order valence-electron chi connectivity index (χ1n) is 4.92. The monoisotopic (exact) mass is 204 g/mol. The van der Waals surface area contributed by atoms with Gasteiger partial charge in [0.25, 0.3) is 0 Å². The van der Waals surface area contributed by atoms with Gasteiger partial charge in [-0.3, -0.25) is 0 Å². The lowest BCUT2D eigenvalue weighted by Crippen LogP contribution is -2.14. The summed E-state index contributed by atoms with van der Waals surface area (Å²) < 4.78 is 0. The molecule has 0 radical (unpaired) electrons. The molecule has 0 N–H and O–H groups in total. The van der Waals surface area contributed by atoms with Gasteiger partial charge in [0, 0.05) is 0 Å². The summed E-state index contributed by atoms with van der Waals surface area (Å²) in [6.45, 7) is 9.79. The zero-order valence-corrected chi connectivity index (χ0v) is 10.7. The van der Waals surface area contributed by atoms with Crippen molar-refractivity contribution in [1.82, 2.24) is 0 Å². The molecular formula is C10H22P2. The van der Waals surface area contributed by atoms with Gasteiger partial charge in [0.15, 0.2) is 0 Å². The largest absolute Gasteiger partial charge is 0.113 e. The van der Waals surface area contributed by atoms with Crippen LogP contribution in [0.1, 0.15) is 19.3 Å². The second-order valence-corrected chi connectivity index (χ2v) is 9.60. The first-order valence-corrected chi connectivity index (χ1v) is 9.65. The van der Waals surface area contributed by atoms with E-state index in [0.717, 1.165) is 11.6 Å². The van der Waals surface area contributed by atoms with Crippen molar-refractivity contribution in [3.05, 3.63) is 0 Å². The lowest BCUT2D eigenvalue weighted by atomic mass is 10.1. The summed E-state index contributed by atoms with van der Waals surface area (Å²) in [6, 6.07) is 0. The van der Waals surface area contributed by atoms with E-state index < -0.39 is 0 Å². The summed E-state index contributed by atoms with van der Waals surface area (Å²) in [5.74, 6) is 1.10. The van der Waals surface area contributed by atoms with E-state index in [1.165, 1.54) is 19.3 Å². The number of hydrogen-bond donors (Lipinski definition) is 0. The van der Waals surface area contributed by atoms with Crippen LogP contribution in [0.25, 0.3) is 0 Å². The zero-order chi connectivity index (χ0) is 9.14. The van der Waals surface area contributed by atoms with Gasteiger partial charge in [-0.15, -0.1) is 15.8 Å². The molecule has 1 rings (SSSR count). The maximum atomic E-state index is 2.46. The van der Waals surface area contributed by atoms with Gasteiger partial charge in [-0.2, -0.15) is 0 Å². The van der Waals surface area contributed by atoms with E-state index in [9.17, 15) is 0 Å². The fourth-order valence-electron chi connectivity index (χ4n) is 2.38. The molecule has 0 bridgehead atoms. The molecule has 0 aliphatic heterocycles. The van der Waals surface area contributed by atoms with Gasteiger partial charge < -0.3 is 0 Å². The van der Waals surface area contributed by atoms with Crippen LogP contribution in [0.4, 0.5) is 0 Å². The molecule has 0 heterocycles. The Kier molecular flexibility index (Phi) is 4.49. The first kappa shape index (κ1) is 10.9. The predicted octanol–water partition coefficient (Wildman–Crippen LogP) is 3.64. The number of rotatable bonds is 3. The minimum atomic E-state index is 0.339. The third kappa shape index (κ3) is 2.97. The molecule has 0 aromatic heterocycles. The first-order chi connectivity index (χ1) is 5.61. The second kappa shape index (κ2) is 4.92. The Balaban J connectivity index is 2.41. The summed E-state index contributed by atoms with van der Waals surface area (Å²) in [4.78, 5) is 0. The normalized spacial score (nSPS) is 30.5. The molecule has 1 unspecified atom stereocenters. The van der Waals surface area contributed by atoms with E-state index in [1.54, 1.807) is 6.16 Å². The highest BCUT2D eigenvalue weighted by molar-refractivity contribution is 7.57. The van der Waals surface area contributed by atoms with E-state index in [4.69, 9.17) is 0 Å². The zero-order valence-electron chi connectivity index (χ0n) is 8.88. The number of hydrogen-bond acceptors (Lipinski definition) is 0. The molecule has 1 aliphatic rings. The molecule has 0 aromatic rings. The molecule has 0 amide bonds. The fourth-order valence-corrected chi connectivity index (χ4v) is 5.72. The van der Waals surface area contributed by atoms with Crippen LogP contribution in [-0.2, 0) is 0 Å². The molecule has 2 heteroatoms. The van der Waals surface area contributed by atoms with Gasteiger partial charge in [0.1, 0.15) is 0 Å². The minimum Gasteiger partial charge on any atom is -0.113 e. The van der Waals surface area contributed by atoms with Crippen LogP contribution in [0.15, 0.2) is 0 Å². The van der Waals surface area contributed by atoms with Crippen LogP contribution >= 0.6 is 15.8 Å². The molecular weight excluding hydrogens is 182 g/mol. The van der Waals surface area contributed by atoms with Gasteiger partial charge in [0.05, 0.1) is 0 Å². The van der Waals surface area contributed by atoms with E-state index in [-0.39, 0.29) is 0 Å². The van der Waals surface area contributed by atoms with Crippen molar-refractivity contribution in [2.45, 2.75) is 24.9 Å². The van der Waals surface area contributed by atoms with Gasteiger partial charge in [-0.25, -0.2) is 0 Å². The molecule has 0 saturated heterocycles. The summed E-state index contributed by atoms with van der Waals surface area (Å²) in [7, 11) is 0.686. The Bertz CT molecular complexity index is 132. The quantitative estimate of drug-likeness (QED) is 0.616. The highest BCUT2D eigenvalue weighted by Crippen LogP contribution is 2.49. The molecule has 1 aliphatic carbocycles. The molecule has 0 aromatic carbocycles. The summed E-state index contributed by atoms with van der Waals surface area (Å²) in [5, 5.41) is 0. The average Bonchev–Trinajstić information content (AvgIpc) is 2.33. The smallest absolute Gasteiger partial charge is 0.0182 e. The van der Waals surface area contributed by atoms with Crippen molar-refractivity contribution >= 4 is 15.8 Å². The average molecular weight is 204 g/mol. The SMILES string of the molecule is CP(C)CC1CCC[C@@H]1P(C)C. The molecule has 72 valence electrons. The molecule has 12 heavy (non-hydrogen) atoms. The van der Waals surface area contributed by atoms with Crippen LogP contribution in [0.5, 0.6) is 0 Å². The van der Waals surface area contributed by atoms with Crippen molar-refractivity contribution in [1.29, 1.82) is 0 Å². The third-order valence-corrected chi connectivity index (χ3v) is 6.09. The van der Waals surface area contributed by atoms with Crippen LogP contribution in [-0.4, -0.2) is 38.5 Å². The van der Waals surface area contributed by atoms with Crippen LogP contribution in [0.3, 0.4) is 0 Å². The summed E-state index contributed by atoms with van der Waals surface area (Å²) in [5.41, 5.74) is 1.12. The summed E-state index contributed by atoms with van der Waals surface area (Å²) >= 11 is 0. The molecule has 1 fully saturated rings. The van der Waals surface area contributed by atoms with Crippen molar-refractivity contribution in [3.8, 4) is 0 Å². The maximum Gasteiger partial charge on any atom is -0.0182 e. The summed E-state index contributed by atoms with van der Waals surface area (Å²) in [6.07, 6.45) is 6.12. The Hall–Kier alpha value is 0.860. The molecule has 0 nitrogen and oxygen atoms in total. The van der Waals surface area contributed by atoms with E-state index in [0.29, 0.717) is 15.8 Å². The highest BCUT2D eigenvalue weighted by atomic mass is 31.1. The van der Waals surface area contributed by atoms with E-state index in [1.807, 2.05) is 0 Å².